The van der Waals surface area contributed by atoms with Crippen LogP contribution in [0, 0.1) is 0 Å². The second kappa shape index (κ2) is 6.04. The van der Waals surface area contributed by atoms with Gasteiger partial charge in [0, 0.05) is 23.0 Å². The van der Waals surface area contributed by atoms with E-state index in [0.717, 1.165) is 29.9 Å². The van der Waals surface area contributed by atoms with Crippen LogP contribution in [0.3, 0.4) is 0 Å². The van der Waals surface area contributed by atoms with Gasteiger partial charge in [0.1, 0.15) is 11.5 Å². The standard InChI is InChI=1S/C14H14N2O.2ClH/c15-10-7-12(16)11-6-5-9-3-1-2-4-13(9)17-14(11)8-10;;/h1-4,7-8H,5-6,15-16H2;2*1H/p-2. The predicted octanol–water partition coefficient (Wildman–Crippen LogP) is -3.25. The Balaban J connectivity index is 0.000000902. The number of nitrogens with two attached hydrogens (primary N) is 2. The number of hydrogen-bond acceptors (Lipinski definition) is 3. The number of aryl methyl sites for hydroxylation is 1. The van der Waals surface area contributed by atoms with Crippen LogP contribution in [0.2, 0.25) is 0 Å². The molecule has 0 radical (unpaired) electrons. The summed E-state index contributed by atoms with van der Waals surface area (Å²) in [5.74, 6) is 1.68. The van der Waals surface area contributed by atoms with Crippen molar-refractivity contribution in [2.24, 2.45) is 0 Å². The van der Waals surface area contributed by atoms with E-state index in [9.17, 15) is 0 Å². The fourth-order valence-electron chi connectivity index (χ4n) is 2.24. The lowest BCUT2D eigenvalue weighted by Gasteiger charge is -2.11. The van der Waals surface area contributed by atoms with Gasteiger partial charge in [-0.3, -0.25) is 0 Å². The molecule has 2 aromatic carbocycles. The van der Waals surface area contributed by atoms with Crippen molar-refractivity contribution in [3.05, 3.63) is 47.5 Å². The van der Waals surface area contributed by atoms with E-state index < -0.39 is 0 Å². The second-order valence-electron chi connectivity index (χ2n) is 4.30. The minimum atomic E-state index is 0. The maximum Gasteiger partial charge on any atom is 0.134 e. The summed E-state index contributed by atoms with van der Waals surface area (Å²) in [6.07, 6.45) is 1.83. The Morgan fingerprint density at radius 2 is 1.63 bits per heavy atom. The van der Waals surface area contributed by atoms with Gasteiger partial charge < -0.3 is 41.0 Å². The van der Waals surface area contributed by atoms with Crippen molar-refractivity contribution in [3.8, 4) is 11.5 Å². The number of para-hydroxylation sites is 1. The summed E-state index contributed by atoms with van der Waals surface area (Å²) >= 11 is 0. The molecular formula is C14H14Cl2N2O-2. The predicted molar refractivity (Wildman–Crippen MR) is 69.2 cm³/mol. The van der Waals surface area contributed by atoms with Crippen LogP contribution in [0.1, 0.15) is 11.1 Å². The molecule has 1 heterocycles. The molecule has 0 aromatic heterocycles. The van der Waals surface area contributed by atoms with Gasteiger partial charge in [0.15, 0.2) is 0 Å². The minimum absolute atomic E-state index is 0. The third-order valence-electron chi connectivity index (χ3n) is 3.10. The Labute approximate surface area is 124 Å². The van der Waals surface area contributed by atoms with Crippen LogP contribution in [0.5, 0.6) is 11.5 Å². The van der Waals surface area contributed by atoms with Crippen molar-refractivity contribution >= 4 is 11.4 Å². The van der Waals surface area contributed by atoms with Crippen molar-refractivity contribution in [2.45, 2.75) is 12.8 Å². The molecule has 1 aliphatic rings. The van der Waals surface area contributed by atoms with Crippen LogP contribution in [0.15, 0.2) is 36.4 Å². The highest BCUT2D eigenvalue weighted by Crippen LogP contribution is 2.37. The SMILES string of the molecule is Nc1cc(N)c2c(c1)Oc1ccccc1CC2.[Cl-].[Cl-]. The van der Waals surface area contributed by atoms with E-state index in [1.807, 2.05) is 24.3 Å². The zero-order chi connectivity index (χ0) is 11.8. The molecule has 0 saturated heterocycles. The van der Waals surface area contributed by atoms with E-state index in [-0.39, 0.29) is 24.8 Å². The summed E-state index contributed by atoms with van der Waals surface area (Å²) in [6, 6.07) is 11.7. The molecule has 3 rings (SSSR count). The molecule has 2 aromatic rings. The van der Waals surface area contributed by atoms with Crippen LogP contribution in [0.25, 0.3) is 0 Å². The summed E-state index contributed by atoms with van der Waals surface area (Å²) in [6.45, 7) is 0. The lowest BCUT2D eigenvalue weighted by atomic mass is 10.0. The molecule has 4 N–H and O–H groups in total. The number of ether oxygens (including phenoxy) is 1. The Morgan fingerprint density at radius 3 is 2.42 bits per heavy atom. The van der Waals surface area contributed by atoms with E-state index >= 15 is 0 Å². The van der Waals surface area contributed by atoms with E-state index in [1.165, 1.54) is 5.56 Å². The van der Waals surface area contributed by atoms with Crippen LogP contribution in [-0.4, -0.2) is 0 Å². The summed E-state index contributed by atoms with van der Waals surface area (Å²) in [5, 5.41) is 0. The summed E-state index contributed by atoms with van der Waals surface area (Å²) in [4.78, 5) is 0. The lowest BCUT2D eigenvalue weighted by molar-refractivity contribution is -0.001000. The van der Waals surface area contributed by atoms with Crippen LogP contribution in [-0.2, 0) is 12.8 Å². The van der Waals surface area contributed by atoms with Crippen molar-refractivity contribution in [2.75, 3.05) is 11.5 Å². The number of fused-ring (bicyclic) bond motifs is 2. The van der Waals surface area contributed by atoms with E-state index in [1.54, 1.807) is 6.07 Å². The van der Waals surface area contributed by atoms with Crippen molar-refractivity contribution in [1.82, 2.24) is 0 Å². The highest BCUT2D eigenvalue weighted by Gasteiger charge is 2.16. The van der Waals surface area contributed by atoms with Crippen molar-refractivity contribution < 1.29 is 29.6 Å². The normalized spacial score (nSPS) is 11.8. The van der Waals surface area contributed by atoms with Gasteiger partial charge in [-0.05, 0) is 30.5 Å². The third kappa shape index (κ3) is 2.88. The lowest BCUT2D eigenvalue weighted by Crippen LogP contribution is -3.00. The maximum absolute atomic E-state index is 5.99. The third-order valence-corrected chi connectivity index (χ3v) is 3.10. The average molecular weight is 297 g/mol. The monoisotopic (exact) mass is 296 g/mol. The van der Waals surface area contributed by atoms with Gasteiger partial charge in [0.2, 0.25) is 0 Å². The zero-order valence-electron chi connectivity index (χ0n) is 10.2. The molecule has 0 unspecified atom stereocenters. The first-order valence-corrected chi connectivity index (χ1v) is 5.67. The molecule has 0 aliphatic carbocycles. The van der Waals surface area contributed by atoms with Crippen LogP contribution in [0.4, 0.5) is 11.4 Å². The fourth-order valence-corrected chi connectivity index (χ4v) is 2.24. The fraction of sp³-hybridized carbons (Fsp3) is 0.143. The van der Waals surface area contributed by atoms with E-state index in [4.69, 9.17) is 16.2 Å². The molecular weight excluding hydrogens is 283 g/mol. The minimum Gasteiger partial charge on any atom is -1.00 e. The smallest absolute Gasteiger partial charge is 0.134 e. The number of benzene rings is 2. The molecule has 1 aliphatic heterocycles. The van der Waals surface area contributed by atoms with Gasteiger partial charge >= 0.3 is 0 Å². The highest BCUT2D eigenvalue weighted by atomic mass is 35.5. The molecule has 0 fully saturated rings. The van der Waals surface area contributed by atoms with Gasteiger partial charge in [-0.25, -0.2) is 0 Å². The van der Waals surface area contributed by atoms with Gasteiger partial charge in [-0.1, -0.05) is 18.2 Å². The molecule has 0 atom stereocenters. The number of nitrogen functional groups attached to an aromatic ring is 2. The summed E-state index contributed by atoms with van der Waals surface area (Å²) in [5.41, 5.74) is 15.4. The molecule has 5 heteroatoms. The quantitative estimate of drug-likeness (QED) is 0.502. The molecule has 0 amide bonds. The first kappa shape index (κ1) is 15.5. The largest absolute Gasteiger partial charge is 1.00 e. The van der Waals surface area contributed by atoms with Gasteiger partial charge in [-0.15, -0.1) is 0 Å². The van der Waals surface area contributed by atoms with Crippen LogP contribution >= 0.6 is 0 Å². The van der Waals surface area contributed by atoms with Crippen molar-refractivity contribution in [1.29, 1.82) is 0 Å². The number of hydrogen-bond donors (Lipinski definition) is 2. The molecule has 3 nitrogen and oxygen atoms in total. The van der Waals surface area contributed by atoms with E-state index in [0.29, 0.717) is 11.4 Å². The maximum atomic E-state index is 5.99. The molecule has 0 saturated carbocycles. The Morgan fingerprint density at radius 1 is 0.895 bits per heavy atom. The summed E-state index contributed by atoms with van der Waals surface area (Å²) < 4.78 is 5.90. The molecule has 0 spiro atoms. The number of anilines is 2. The van der Waals surface area contributed by atoms with Gasteiger partial charge in [-0.2, -0.15) is 0 Å². The van der Waals surface area contributed by atoms with Gasteiger partial charge in [0.25, 0.3) is 0 Å². The number of halogens is 2. The highest BCUT2D eigenvalue weighted by molar-refractivity contribution is 5.65. The topological polar surface area (TPSA) is 61.3 Å². The summed E-state index contributed by atoms with van der Waals surface area (Å²) in [7, 11) is 0. The molecule has 0 bridgehead atoms. The average Bonchev–Trinajstić information content (AvgIpc) is 2.47. The number of rotatable bonds is 0. The Hall–Kier alpha value is -1.58. The zero-order valence-corrected chi connectivity index (χ0v) is 11.7. The first-order valence-electron chi connectivity index (χ1n) is 5.67. The Kier molecular flexibility index (Phi) is 4.92. The van der Waals surface area contributed by atoms with Crippen LogP contribution < -0.4 is 41.0 Å². The Bertz CT molecular complexity index is 588. The van der Waals surface area contributed by atoms with Crippen molar-refractivity contribution in [3.63, 3.8) is 0 Å². The van der Waals surface area contributed by atoms with Gasteiger partial charge in [0.05, 0.1) is 0 Å². The van der Waals surface area contributed by atoms with E-state index in [2.05, 4.69) is 6.07 Å². The molecule has 19 heavy (non-hydrogen) atoms. The first-order chi connectivity index (χ1) is 8.24. The second-order valence-corrected chi connectivity index (χ2v) is 4.30. The molecule has 102 valence electrons.